The van der Waals surface area contributed by atoms with Crippen molar-refractivity contribution in [1.29, 1.82) is 0 Å². The van der Waals surface area contributed by atoms with Crippen LogP contribution in [0.3, 0.4) is 0 Å². The maximum atomic E-state index is 10.2. The maximum Gasteiger partial charge on any atom is 0.354 e. The van der Waals surface area contributed by atoms with Gasteiger partial charge in [0.1, 0.15) is 0 Å². The van der Waals surface area contributed by atoms with Gasteiger partial charge in [-0.25, -0.2) is 19.2 Å². The summed E-state index contributed by atoms with van der Waals surface area (Å²) in [6.07, 6.45) is 0. The van der Waals surface area contributed by atoms with Gasteiger partial charge < -0.3 is 20.4 Å². The van der Waals surface area contributed by atoms with Gasteiger partial charge in [-0.3, -0.25) is 0 Å². The van der Waals surface area contributed by atoms with Crippen LogP contribution in [-0.4, -0.2) is 113 Å². The molecule has 0 atom stereocenters. The first-order valence-electron chi connectivity index (χ1n) is 2.71. The molecule has 4 N–H and O–H groups in total. The first-order chi connectivity index (χ1) is 5.77. The molecule has 0 aromatic carbocycles. The molecule has 0 spiro atoms. The number of carboxylic acids is 4. The molecule has 0 amide bonds. The summed E-state index contributed by atoms with van der Waals surface area (Å²) in [5.41, 5.74) is -3.83. The number of carboxylic acid groups (broad SMARTS) is 4. The molecule has 8 nitrogen and oxygen atoms in total. The van der Waals surface area contributed by atoms with Crippen LogP contribution in [-0.2, 0) is 19.2 Å². The monoisotopic (exact) mass is 325 g/mol. The van der Waals surface area contributed by atoms with Crippen LogP contribution in [0.1, 0.15) is 0 Å². The molecule has 0 aliphatic rings. The Labute approximate surface area is 135 Å². The Morgan fingerprint density at radius 3 is 0.786 bits per heavy atom. The Morgan fingerprint density at radius 1 is 0.643 bits per heavy atom. The Bertz CT molecular complexity index is 233. The van der Waals surface area contributed by atoms with Gasteiger partial charge in [-0.1, -0.05) is 0 Å². The van der Waals surface area contributed by atoms with Crippen LogP contribution in [0.15, 0.2) is 0 Å². The Morgan fingerprint density at radius 2 is 0.786 bits per heavy atom. The van der Waals surface area contributed by atoms with Crippen LogP contribution in [0.25, 0.3) is 0 Å². The minimum Gasteiger partial charge on any atom is -0.480 e. The molecular formula is C5H4CsO8. The van der Waals surface area contributed by atoms with Gasteiger partial charge in [-0.05, 0) is 0 Å². The van der Waals surface area contributed by atoms with Crippen LogP contribution in [0.4, 0.5) is 0 Å². The Kier molecular flexibility index (Phi) is 6.69. The number of rotatable bonds is 4. The zero-order valence-corrected chi connectivity index (χ0v) is 13.2. The van der Waals surface area contributed by atoms with Crippen molar-refractivity contribution in [1.82, 2.24) is 0 Å². The summed E-state index contributed by atoms with van der Waals surface area (Å²) in [7, 11) is 0. The Balaban J connectivity index is 0. The molecule has 0 aromatic heterocycles. The van der Waals surface area contributed by atoms with Gasteiger partial charge in [0.15, 0.2) is 0 Å². The van der Waals surface area contributed by atoms with Gasteiger partial charge >= 0.3 is 29.3 Å². The zero-order valence-electron chi connectivity index (χ0n) is 6.92. The first-order valence-corrected chi connectivity index (χ1v) is 2.71. The van der Waals surface area contributed by atoms with E-state index in [2.05, 4.69) is 0 Å². The van der Waals surface area contributed by atoms with E-state index in [1.54, 1.807) is 0 Å². The molecule has 0 fully saturated rings. The third-order valence-electron chi connectivity index (χ3n) is 1.28. The number of carbonyl (C=O) groups is 4. The van der Waals surface area contributed by atoms with Gasteiger partial charge in [0.2, 0.25) is 0 Å². The van der Waals surface area contributed by atoms with E-state index >= 15 is 0 Å². The smallest absolute Gasteiger partial charge is 0.354 e. The second-order valence-corrected chi connectivity index (χ2v) is 1.97. The normalized spacial score (nSPS) is 9.71. The average Bonchev–Trinajstić information content (AvgIpc) is 1.82. The van der Waals surface area contributed by atoms with Crippen molar-refractivity contribution in [2.24, 2.45) is 5.41 Å². The van der Waals surface area contributed by atoms with E-state index in [1.807, 2.05) is 0 Å². The van der Waals surface area contributed by atoms with E-state index < -0.39 is 29.3 Å². The van der Waals surface area contributed by atoms with E-state index in [9.17, 15) is 19.2 Å². The second kappa shape index (κ2) is 5.73. The predicted octanol–water partition coefficient (Wildman–Crippen LogP) is -2.07. The van der Waals surface area contributed by atoms with Gasteiger partial charge in [0, 0.05) is 68.9 Å². The molecule has 9 heteroatoms. The molecule has 0 aromatic rings. The molecule has 73 valence electrons. The maximum absolute atomic E-state index is 10.2. The summed E-state index contributed by atoms with van der Waals surface area (Å²) in [5.74, 6) is -9.83. The van der Waals surface area contributed by atoms with Crippen molar-refractivity contribution in [2.75, 3.05) is 0 Å². The van der Waals surface area contributed by atoms with Gasteiger partial charge in [-0.2, -0.15) is 0 Å². The van der Waals surface area contributed by atoms with Crippen molar-refractivity contribution < 1.29 is 39.6 Å². The van der Waals surface area contributed by atoms with Gasteiger partial charge in [-0.15, -0.1) is 0 Å². The summed E-state index contributed by atoms with van der Waals surface area (Å²) >= 11 is 0. The second-order valence-electron chi connectivity index (χ2n) is 1.97. The Hall–Kier alpha value is -0.0681. The molecule has 1 radical (unpaired) electrons. The van der Waals surface area contributed by atoms with E-state index in [0.717, 1.165) is 0 Å². The van der Waals surface area contributed by atoms with Crippen LogP contribution in [0.2, 0.25) is 0 Å². The summed E-state index contributed by atoms with van der Waals surface area (Å²) in [5, 5.41) is 32.8. The van der Waals surface area contributed by atoms with Crippen molar-refractivity contribution in [3.8, 4) is 0 Å². The van der Waals surface area contributed by atoms with E-state index in [0.29, 0.717) is 0 Å². The topological polar surface area (TPSA) is 149 Å². The molecule has 0 rings (SSSR count). The van der Waals surface area contributed by atoms with Crippen LogP contribution in [0.5, 0.6) is 0 Å². The third kappa shape index (κ3) is 2.49. The molecule has 0 heterocycles. The standard InChI is InChI=1S/C5H4O8.Cs/c6-1(7)5(2(8)9,3(10)11)4(12)13;/h(H,6,7)(H,8,9)(H,10,11)(H,12,13);. The van der Waals surface area contributed by atoms with E-state index in [4.69, 9.17) is 20.4 Å². The third-order valence-corrected chi connectivity index (χ3v) is 1.28. The fourth-order valence-electron chi connectivity index (χ4n) is 0.549. The van der Waals surface area contributed by atoms with E-state index in [1.165, 1.54) is 0 Å². The number of hydrogen-bond acceptors (Lipinski definition) is 4. The molecule has 0 aliphatic heterocycles. The zero-order chi connectivity index (χ0) is 10.8. The largest absolute Gasteiger partial charge is 0.480 e. The fraction of sp³-hybridized carbons (Fsp3) is 0.200. The fourth-order valence-corrected chi connectivity index (χ4v) is 0.549. The summed E-state index contributed by atoms with van der Waals surface area (Å²) < 4.78 is 0. The SMILES string of the molecule is O=C(O)C(C(=O)O)(C(=O)O)C(=O)O.[Cs]. The molecular weight excluding hydrogens is 321 g/mol. The molecule has 14 heavy (non-hydrogen) atoms. The van der Waals surface area contributed by atoms with Crippen LogP contribution in [0, 0.1) is 5.41 Å². The van der Waals surface area contributed by atoms with Crippen molar-refractivity contribution >= 4 is 92.8 Å². The quantitative estimate of drug-likeness (QED) is 0.431. The van der Waals surface area contributed by atoms with Crippen molar-refractivity contribution in [2.45, 2.75) is 0 Å². The minimum absolute atomic E-state index is 0. The van der Waals surface area contributed by atoms with Gasteiger partial charge in [0.05, 0.1) is 0 Å². The first kappa shape index (κ1) is 16.4. The number of aliphatic carboxylic acids is 4. The predicted molar refractivity (Wildman–Crippen MR) is 38.7 cm³/mol. The summed E-state index contributed by atoms with van der Waals surface area (Å²) in [4.78, 5) is 40.8. The van der Waals surface area contributed by atoms with E-state index in [-0.39, 0.29) is 68.9 Å². The van der Waals surface area contributed by atoms with Crippen molar-refractivity contribution in [3.05, 3.63) is 0 Å². The van der Waals surface area contributed by atoms with Crippen LogP contribution >= 0.6 is 0 Å². The summed E-state index contributed by atoms with van der Waals surface area (Å²) in [6, 6.07) is 0. The molecule has 0 aliphatic carbocycles. The molecule has 0 saturated carbocycles. The summed E-state index contributed by atoms with van der Waals surface area (Å²) in [6.45, 7) is 0. The average molecular weight is 325 g/mol. The van der Waals surface area contributed by atoms with Gasteiger partial charge in [0.25, 0.3) is 0 Å². The number of hydrogen-bond donors (Lipinski definition) is 4. The molecule has 0 unspecified atom stereocenters. The molecule has 0 saturated heterocycles. The van der Waals surface area contributed by atoms with Crippen LogP contribution < -0.4 is 0 Å². The van der Waals surface area contributed by atoms with Crippen molar-refractivity contribution in [3.63, 3.8) is 0 Å². The minimum atomic E-state index is -3.83. The molecule has 0 bridgehead atoms.